The minimum absolute atomic E-state index is 0.0486. The van der Waals surface area contributed by atoms with Crippen molar-refractivity contribution >= 4 is 6.21 Å². The van der Waals surface area contributed by atoms with Crippen molar-refractivity contribution in [1.82, 2.24) is 10.5 Å². The molecule has 0 saturated heterocycles. The van der Waals surface area contributed by atoms with Gasteiger partial charge in [0.1, 0.15) is 0 Å². The number of halogens is 3. The van der Waals surface area contributed by atoms with Gasteiger partial charge in [0.15, 0.2) is 0 Å². The van der Waals surface area contributed by atoms with E-state index in [0.29, 0.717) is 0 Å². The van der Waals surface area contributed by atoms with Crippen LogP contribution >= 0.6 is 0 Å². The number of hydrazone groups is 1. The van der Waals surface area contributed by atoms with Gasteiger partial charge in [0.2, 0.25) is 0 Å². The zero-order valence-electron chi connectivity index (χ0n) is 4.76. The maximum atomic E-state index is 11.7. The van der Waals surface area contributed by atoms with Crippen LogP contribution in [-0.4, -0.2) is 17.5 Å². The average Bonchev–Trinajstić information content (AvgIpc) is 1.88. The van der Waals surface area contributed by atoms with E-state index in [1.165, 1.54) is 12.3 Å². The van der Waals surface area contributed by atoms with E-state index in [1.54, 1.807) is 5.53 Å². The van der Waals surface area contributed by atoms with Crippen LogP contribution < -0.4 is 5.53 Å². The van der Waals surface area contributed by atoms with Crippen LogP contribution in [0.25, 0.3) is 0 Å². The molecule has 0 aliphatic carbocycles. The second kappa shape index (κ2) is 2.20. The lowest BCUT2D eigenvalue weighted by Gasteiger charge is -2.22. The fourth-order valence-corrected chi connectivity index (χ4v) is 0.438. The van der Waals surface area contributed by atoms with Gasteiger partial charge in [0, 0.05) is 6.20 Å². The van der Waals surface area contributed by atoms with E-state index in [4.69, 9.17) is 0 Å². The summed E-state index contributed by atoms with van der Waals surface area (Å²) in [5.74, 6) is 0. The lowest BCUT2D eigenvalue weighted by molar-refractivity contribution is -0.244. The molecule has 1 aliphatic heterocycles. The summed E-state index contributed by atoms with van der Waals surface area (Å²) in [6.07, 6.45) is -1.16. The first-order chi connectivity index (χ1) is 4.61. The molecule has 0 spiro atoms. The second-order valence-corrected chi connectivity index (χ2v) is 1.56. The molecule has 0 bridgehead atoms. The Bertz CT molecular complexity index is 171. The summed E-state index contributed by atoms with van der Waals surface area (Å²) >= 11 is 0. The molecule has 0 aromatic carbocycles. The highest BCUT2D eigenvalue weighted by Crippen LogP contribution is 2.19. The number of alkyl halides is 3. The molecule has 0 fully saturated rings. The van der Waals surface area contributed by atoms with E-state index in [0.717, 1.165) is 6.20 Å². The molecular formula is C4H4F3N3. The van der Waals surface area contributed by atoms with E-state index in [2.05, 4.69) is 5.10 Å². The number of hydrogen-bond acceptors (Lipinski definition) is 3. The molecule has 6 heteroatoms. The van der Waals surface area contributed by atoms with Crippen LogP contribution in [0.4, 0.5) is 13.2 Å². The number of nitrogens with zero attached hydrogens (tertiary/aromatic N) is 2. The smallest absolute Gasteiger partial charge is 0.212 e. The Hall–Kier alpha value is -1.20. The van der Waals surface area contributed by atoms with Gasteiger partial charge in [-0.25, -0.2) is 5.53 Å². The molecule has 0 amide bonds. The molecule has 1 N–H and O–H groups in total. The molecule has 0 saturated carbocycles. The van der Waals surface area contributed by atoms with Crippen molar-refractivity contribution < 1.29 is 13.2 Å². The number of hydrazine groups is 1. The van der Waals surface area contributed by atoms with E-state index in [-0.39, 0.29) is 5.01 Å². The number of hydrogen-bond donors (Lipinski definition) is 1. The maximum absolute atomic E-state index is 11.7. The second-order valence-electron chi connectivity index (χ2n) is 1.56. The van der Waals surface area contributed by atoms with Crippen LogP contribution in [0.3, 0.4) is 0 Å². The highest BCUT2D eigenvalue weighted by molar-refractivity contribution is 5.71. The first-order valence-electron chi connectivity index (χ1n) is 2.42. The first-order valence-corrected chi connectivity index (χ1v) is 2.42. The average molecular weight is 151 g/mol. The topological polar surface area (TPSA) is 27.6 Å². The summed E-state index contributed by atoms with van der Waals surface area (Å²) in [6.45, 7) is 0. The summed E-state index contributed by atoms with van der Waals surface area (Å²) in [5.41, 5.74) is 1.75. The Morgan fingerprint density at radius 3 is 2.40 bits per heavy atom. The third-order valence-electron chi connectivity index (χ3n) is 0.834. The van der Waals surface area contributed by atoms with Gasteiger partial charge in [-0.3, -0.25) is 0 Å². The van der Waals surface area contributed by atoms with Gasteiger partial charge in [-0.05, 0) is 6.08 Å². The molecule has 1 aliphatic rings. The zero-order chi connectivity index (χ0) is 7.61. The molecule has 10 heavy (non-hydrogen) atoms. The van der Waals surface area contributed by atoms with Crippen LogP contribution in [0.2, 0.25) is 0 Å². The third kappa shape index (κ3) is 1.40. The van der Waals surface area contributed by atoms with Crippen molar-refractivity contribution in [2.75, 3.05) is 0 Å². The van der Waals surface area contributed by atoms with Crippen LogP contribution in [0, 0.1) is 0 Å². The van der Waals surface area contributed by atoms with Gasteiger partial charge < -0.3 is 0 Å². The van der Waals surface area contributed by atoms with E-state index < -0.39 is 6.30 Å². The van der Waals surface area contributed by atoms with Crippen molar-refractivity contribution in [2.24, 2.45) is 5.10 Å². The van der Waals surface area contributed by atoms with Gasteiger partial charge in [-0.1, -0.05) is 0 Å². The largest absolute Gasteiger partial charge is 0.503 e. The number of nitrogens with one attached hydrogen (secondary N) is 1. The van der Waals surface area contributed by atoms with E-state index in [9.17, 15) is 13.2 Å². The third-order valence-corrected chi connectivity index (χ3v) is 0.834. The maximum Gasteiger partial charge on any atom is 0.503 e. The molecule has 1 heterocycles. The van der Waals surface area contributed by atoms with Gasteiger partial charge >= 0.3 is 6.30 Å². The summed E-state index contributed by atoms with van der Waals surface area (Å²) < 4.78 is 35.0. The molecule has 1 rings (SSSR count). The molecular weight excluding hydrogens is 147 g/mol. The van der Waals surface area contributed by atoms with Crippen molar-refractivity contribution in [3.8, 4) is 0 Å². The monoisotopic (exact) mass is 151 g/mol. The Kier molecular flexibility index (Phi) is 1.52. The fourth-order valence-electron chi connectivity index (χ4n) is 0.438. The van der Waals surface area contributed by atoms with Crippen molar-refractivity contribution in [1.29, 1.82) is 0 Å². The van der Waals surface area contributed by atoms with Crippen LogP contribution in [-0.2, 0) is 0 Å². The van der Waals surface area contributed by atoms with E-state index >= 15 is 0 Å². The molecule has 0 radical (unpaired) electrons. The lowest BCUT2D eigenvalue weighted by atomic mass is 10.6. The Morgan fingerprint density at radius 1 is 1.40 bits per heavy atom. The summed E-state index contributed by atoms with van der Waals surface area (Å²) in [5, 5.41) is 3.12. The minimum atomic E-state index is -4.41. The molecule has 0 atom stereocenters. The lowest BCUT2D eigenvalue weighted by Crippen LogP contribution is -2.42. The Balaban J connectivity index is 2.60. The Labute approximate surface area is 54.8 Å². The van der Waals surface area contributed by atoms with Gasteiger partial charge in [-0.15, -0.1) is 13.2 Å². The molecule has 0 aromatic heterocycles. The Morgan fingerprint density at radius 2 is 2.10 bits per heavy atom. The number of rotatable bonds is 0. The first kappa shape index (κ1) is 6.91. The highest BCUT2D eigenvalue weighted by Gasteiger charge is 2.35. The van der Waals surface area contributed by atoms with Crippen molar-refractivity contribution in [3.63, 3.8) is 0 Å². The molecule has 3 nitrogen and oxygen atoms in total. The predicted molar refractivity (Wildman–Crippen MR) is 28.7 cm³/mol. The highest BCUT2D eigenvalue weighted by atomic mass is 19.4. The normalized spacial score (nSPS) is 17.3. The summed E-state index contributed by atoms with van der Waals surface area (Å²) in [6, 6.07) is 0. The van der Waals surface area contributed by atoms with Gasteiger partial charge in [-0.2, -0.15) is 10.1 Å². The summed E-state index contributed by atoms with van der Waals surface area (Å²) in [4.78, 5) is 0. The minimum Gasteiger partial charge on any atom is -0.212 e. The van der Waals surface area contributed by atoms with Crippen LogP contribution in [0.1, 0.15) is 0 Å². The predicted octanol–water partition coefficient (Wildman–Crippen LogP) is 0.826. The van der Waals surface area contributed by atoms with Gasteiger partial charge in [0.05, 0.1) is 6.21 Å². The van der Waals surface area contributed by atoms with Crippen molar-refractivity contribution in [3.05, 3.63) is 12.3 Å². The van der Waals surface area contributed by atoms with Crippen LogP contribution in [0.5, 0.6) is 0 Å². The molecule has 0 aromatic rings. The standard InChI is InChI=1S/C4H4F3N3/c5-4(6,7)10-3-1-2-8-9-10/h1-3,9H. The van der Waals surface area contributed by atoms with E-state index in [1.807, 2.05) is 0 Å². The SMILES string of the molecule is FC(F)(F)N1C=CC=NN1. The zero-order valence-corrected chi connectivity index (χ0v) is 4.76. The fraction of sp³-hybridized carbons (Fsp3) is 0.250. The van der Waals surface area contributed by atoms with Crippen molar-refractivity contribution in [2.45, 2.75) is 6.30 Å². The van der Waals surface area contributed by atoms with Crippen LogP contribution in [0.15, 0.2) is 17.4 Å². The molecule has 0 unspecified atom stereocenters. The van der Waals surface area contributed by atoms with Gasteiger partial charge in [0.25, 0.3) is 0 Å². The molecule has 56 valence electrons. The summed E-state index contributed by atoms with van der Waals surface area (Å²) in [7, 11) is 0. The quantitative estimate of drug-likeness (QED) is 0.519. The number of allylic oxidation sites excluding steroid dienone is 1.